The molecule has 1 aliphatic carbocycles. The van der Waals surface area contributed by atoms with Gasteiger partial charge < -0.3 is 4.57 Å². The van der Waals surface area contributed by atoms with E-state index in [9.17, 15) is 0 Å². The zero-order valence-corrected chi connectivity index (χ0v) is 29.3. The number of hydrogen-bond acceptors (Lipinski definition) is 5. The number of aromatic nitrogens is 3. The molecule has 0 amide bonds. The number of nitrogens with zero attached hydrogens (tertiary/aromatic N) is 3. The average Bonchev–Trinajstić information content (AvgIpc) is 3.60. The third-order valence-electron chi connectivity index (χ3n) is 9.54. The first-order chi connectivity index (χ1) is 25.1. The number of allylic oxidation sites excluding steroid dienone is 4. The highest BCUT2D eigenvalue weighted by molar-refractivity contribution is 7.79. The number of fused-ring (bicyclic) bond motifs is 3. The van der Waals surface area contributed by atoms with Crippen LogP contribution in [0.3, 0.4) is 0 Å². The number of rotatable bonds is 7. The van der Waals surface area contributed by atoms with Gasteiger partial charge >= 0.3 is 0 Å². The Balaban J connectivity index is 1.25. The number of benzene rings is 6. The van der Waals surface area contributed by atoms with Crippen molar-refractivity contribution in [1.29, 1.82) is 0 Å². The molecule has 0 saturated heterocycles. The van der Waals surface area contributed by atoms with Crippen molar-refractivity contribution in [2.45, 2.75) is 12.1 Å². The summed E-state index contributed by atoms with van der Waals surface area (Å²) in [6.45, 7) is 0. The number of thiophene rings is 1. The van der Waals surface area contributed by atoms with Crippen LogP contribution in [0.15, 0.2) is 176 Å². The van der Waals surface area contributed by atoms with Crippen molar-refractivity contribution in [3.63, 3.8) is 0 Å². The first kappa shape index (κ1) is 31.3. The zero-order chi connectivity index (χ0) is 34.2. The highest BCUT2D eigenvalue weighted by Gasteiger charge is 2.35. The lowest BCUT2D eigenvalue weighted by molar-refractivity contribution is 0.582. The Bertz CT molecular complexity index is 2650. The maximum Gasteiger partial charge on any atom is 0.164 e. The van der Waals surface area contributed by atoms with Gasteiger partial charge in [-0.2, -0.15) is 0 Å². The van der Waals surface area contributed by atoms with E-state index in [0.29, 0.717) is 23.9 Å². The topological polar surface area (TPSA) is 55.7 Å². The van der Waals surface area contributed by atoms with E-state index in [0.717, 1.165) is 38.4 Å². The molecule has 6 heteroatoms. The SMILES string of the molecule is O=P(c1ccccc1)(c1cccc(-c2nc(-c3ccccc3)nc(-c3cc(-c4ccccc4)c4c(c3)sc3ccccc34)n2)c1)C1C=CC=CC1. The van der Waals surface area contributed by atoms with E-state index >= 15 is 4.57 Å². The maximum atomic E-state index is 15.4. The van der Waals surface area contributed by atoms with E-state index in [1.165, 1.54) is 20.2 Å². The van der Waals surface area contributed by atoms with Crippen LogP contribution in [0.25, 0.3) is 65.5 Å². The van der Waals surface area contributed by atoms with E-state index in [2.05, 4.69) is 72.8 Å². The van der Waals surface area contributed by atoms with Gasteiger partial charge in [-0.15, -0.1) is 11.3 Å². The Morgan fingerprint density at radius 2 is 1.14 bits per heavy atom. The second-order valence-corrected chi connectivity index (χ2v) is 16.8. The molecule has 2 aromatic heterocycles. The Morgan fingerprint density at radius 1 is 0.529 bits per heavy atom. The van der Waals surface area contributed by atoms with E-state index in [1.54, 1.807) is 11.3 Å². The summed E-state index contributed by atoms with van der Waals surface area (Å²) in [5.74, 6) is 1.72. The van der Waals surface area contributed by atoms with Crippen LogP contribution in [0.4, 0.5) is 0 Å². The van der Waals surface area contributed by atoms with Crippen LogP contribution in [-0.4, -0.2) is 20.6 Å². The molecule has 0 bridgehead atoms. The normalized spacial score (nSPS) is 15.3. The second kappa shape index (κ2) is 13.2. The van der Waals surface area contributed by atoms with Crippen molar-refractivity contribution in [2.75, 3.05) is 0 Å². The Morgan fingerprint density at radius 3 is 1.86 bits per heavy atom. The summed E-state index contributed by atoms with van der Waals surface area (Å²) in [5, 5.41) is 4.11. The van der Waals surface area contributed by atoms with Gasteiger partial charge in [0, 0.05) is 53.1 Å². The second-order valence-electron chi connectivity index (χ2n) is 12.7. The van der Waals surface area contributed by atoms with E-state index < -0.39 is 7.14 Å². The van der Waals surface area contributed by atoms with Gasteiger partial charge in [-0.05, 0) is 41.8 Å². The van der Waals surface area contributed by atoms with Crippen molar-refractivity contribution in [1.82, 2.24) is 15.0 Å². The predicted molar refractivity (Wildman–Crippen MR) is 214 cm³/mol. The highest BCUT2D eigenvalue weighted by Crippen LogP contribution is 2.52. The number of hydrogen-bond donors (Lipinski definition) is 0. The van der Waals surface area contributed by atoms with Crippen molar-refractivity contribution in [3.05, 3.63) is 176 Å². The van der Waals surface area contributed by atoms with E-state index in [4.69, 9.17) is 15.0 Å². The third-order valence-corrected chi connectivity index (χ3v) is 14.1. The molecule has 0 radical (unpaired) electrons. The van der Waals surface area contributed by atoms with Crippen molar-refractivity contribution in [2.24, 2.45) is 0 Å². The van der Waals surface area contributed by atoms with Gasteiger partial charge in [0.25, 0.3) is 0 Å². The van der Waals surface area contributed by atoms with Gasteiger partial charge in [-0.1, -0.05) is 152 Å². The largest absolute Gasteiger partial charge is 0.313 e. The molecule has 0 N–H and O–H groups in total. The van der Waals surface area contributed by atoms with Crippen LogP contribution in [0.5, 0.6) is 0 Å². The molecule has 0 spiro atoms. The minimum Gasteiger partial charge on any atom is -0.313 e. The molecule has 0 fully saturated rings. The maximum absolute atomic E-state index is 15.4. The summed E-state index contributed by atoms with van der Waals surface area (Å²) in [4.78, 5) is 15.3. The molecule has 2 atom stereocenters. The van der Waals surface area contributed by atoms with Gasteiger partial charge in [0.1, 0.15) is 7.14 Å². The molecule has 4 nitrogen and oxygen atoms in total. The zero-order valence-electron chi connectivity index (χ0n) is 27.6. The average molecular weight is 694 g/mol. The molecule has 8 aromatic rings. The molecule has 51 heavy (non-hydrogen) atoms. The minimum absolute atomic E-state index is 0.140. The first-order valence-electron chi connectivity index (χ1n) is 17.1. The first-order valence-corrected chi connectivity index (χ1v) is 19.7. The van der Waals surface area contributed by atoms with Gasteiger partial charge in [0.15, 0.2) is 17.5 Å². The fourth-order valence-corrected chi connectivity index (χ4v) is 11.3. The molecule has 0 aliphatic heterocycles. The van der Waals surface area contributed by atoms with Gasteiger partial charge in [0.2, 0.25) is 0 Å². The molecule has 6 aromatic carbocycles. The van der Waals surface area contributed by atoms with Gasteiger partial charge in [-0.3, -0.25) is 0 Å². The van der Waals surface area contributed by atoms with Crippen LogP contribution >= 0.6 is 18.5 Å². The molecular formula is C45H32N3OPS. The van der Waals surface area contributed by atoms with Crippen LogP contribution in [0.1, 0.15) is 6.42 Å². The Kier molecular flexibility index (Phi) is 8.08. The summed E-state index contributed by atoms with van der Waals surface area (Å²) in [6, 6.07) is 51.5. The third kappa shape index (κ3) is 5.75. The lowest BCUT2D eigenvalue weighted by Crippen LogP contribution is -2.25. The summed E-state index contributed by atoms with van der Waals surface area (Å²) < 4.78 is 17.8. The van der Waals surface area contributed by atoms with Gasteiger partial charge in [-0.25, -0.2) is 15.0 Å². The fraction of sp³-hybridized carbons (Fsp3) is 0.0444. The van der Waals surface area contributed by atoms with Gasteiger partial charge in [0.05, 0.1) is 0 Å². The molecule has 244 valence electrons. The van der Waals surface area contributed by atoms with Crippen LogP contribution in [0.2, 0.25) is 0 Å². The molecule has 2 heterocycles. The van der Waals surface area contributed by atoms with Crippen LogP contribution in [-0.2, 0) is 4.57 Å². The van der Waals surface area contributed by atoms with Crippen molar-refractivity contribution < 1.29 is 4.57 Å². The smallest absolute Gasteiger partial charge is 0.164 e. The Hall–Kier alpha value is -5.74. The molecule has 0 saturated carbocycles. The highest BCUT2D eigenvalue weighted by atomic mass is 32.1. The summed E-state index contributed by atoms with van der Waals surface area (Å²) >= 11 is 1.78. The summed E-state index contributed by atoms with van der Waals surface area (Å²) in [5.41, 5.74) is 4.76. The van der Waals surface area contributed by atoms with Crippen molar-refractivity contribution >= 4 is 49.3 Å². The summed E-state index contributed by atoms with van der Waals surface area (Å²) in [6.07, 6.45) is 8.94. The van der Waals surface area contributed by atoms with E-state index in [1.807, 2.05) is 103 Å². The lowest BCUT2D eigenvalue weighted by Gasteiger charge is -2.27. The monoisotopic (exact) mass is 693 g/mol. The van der Waals surface area contributed by atoms with Crippen molar-refractivity contribution in [3.8, 4) is 45.3 Å². The predicted octanol–water partition coefficient (Wildman–Crippen LogP) is 11.1. The fourth-order valence-electron chi connectivity index (χ4n) is 7.05. The molecule has 2 unspecified atom stereocenters. The summed E-state index contributed by atoms with van der Waals surface area (Å²) in [7, 11) is -3.08. The van der Waals surface area contributed by atoms with Crippen LogP contribution < -0.4 is 10.6 Å². The van der Waals surface area contributed by atoms with Crippen LogP contribution in [0, 0.1) is 0 Å². The van der Waals surface area contributed by atoms with E-state index in [-0.39, 0.29) is 5.66 Å². The molecule has 9 rings (SSSR count). The standard InChI is InChI=1S/C45H32N3OPS/c49-50(35-21-9-3-10-22-35,36-23-11-4-12-24-36)37-25-15-20-33(28-37)44-46-43(32-18-7-2-8-19-32)47-45(48-44)34-29-39(31-16-5-1-6-17-31)42-38-26-13-14-27-40(38)51-41(42)30-34/h1-23,25-30,36H,24H2. The lowest BCUT2D eigenvalue weighted by atomic mass is 9.97. The quantitative estimate of drug-likeness (QED) is 0.156. The Labute approximate surface area is 300 Å². The minimum atomic E-state index is -3.08. The molecular weight excluding hydrogens is 662 g/mol. The molecule has 1 aliphatic rings.